The Morgan fingerprint density at radius 1 is 1.20 bits per heavy atom. The zero-order chi connectivity index (χ0) is 11.0. The van der Waals surface area contributed by atoms with Crippen molar-refractivity contribution in [3.05, 3.63) is 35.7 Å². The Morgan fingerprint density at radius 3 is 2.53 bits per heavy atom. The van der Waals surface area contributed by atoms with Crippen molar-refractivity contribution < 1.29 is 9.59 Å². The maximum Gasteiger partial charge on any atom is 0.267 e. The maximum atomic E-state index is 11.0. The summed E-state index contributed by atoms with van der Waals surface area (Å²) in [5.74, 6) is -1.14. The Bertz CT molecular complexity index is 558. The molecule has 0 atom stereocenters. The van der Waals surface area contributed by atoms with Crippen molar-refractivity contribution in [2.24, 2.45) is 11.5 Å². The second-order valence-corrected chi connectivity index (χ2v) is 3.03. The Hall–Kier alpha value is -2.37. The van der Waals surface area contributed by atoms with Gasteiger partial charge in [-0.3, -0.25) is 9.59 Å². The molecule has 0 saturated heterocycles. The van der Waals surface area contributed by atoms with E-state index in [2.05, 4.69) is 5.10 Å². The molecule has 2 aromatic rings. The molecule has 0 radical (unpaired) electrons. The smallest absolute Gasteiger partial charge is 0.267 e. The van der Waals surface area contributed by atoms with E-state index in [1.807, 2.05) is 0 Å². The van der Waals surface area contributed by atoms with Crippen LogP contribution in [0.1, 0.15) is 20.8 Å². The summed E-state index contributed by atoms with van der Waals surface area (Å²) >= 11 is 0. The molecule has 0 bridgehead atoms. The molecule has 2 aromatic heterocycles. The standard InChI is InChI=1S/C9H8N4O2/c10-8(14)5-3-6-1-2-7(9(11)15)13(6)12-4-5/h1-4H,(H2,10,14)(H2,11,15). The van der Waals surface area contributed by atoms with Gasteiger partial charge in [-0.25, -0.2) is 4.52 Å². The van der Waals surface area contributed by atoms with Gasteiger partial charge in [-0.1, -0.05) is 0 Å². The molecule has 15 heavy (non-hydrogen) atoms. The molecule has 0 aromatic carbocycles. The quantitative estimate of drug-likeness (QED) is 0.691. The first-order valence-electron chi connectivity index (χ1n) is 4.17. The lowest BCUT2D eigenvalue weighted by Gasteiger charge is -1.99. The van der Waals surface area contributed by atoms with Crippen LogP contribution in [-0.4, -0.2) is 21.4 Å². The molecule has 0 aliphatic carbocycles. The molecule has 2 heterocycles. The summed E-state index contributed by atoms with van der Waals surface area (Å²) in [5, 5.41) is 3.90. The van der Waals surface area contributed by atoms with Crippen molar-refractivity contribution in [2.45, 2.75) is 0 Å². The van der Waals surface area contributed by atoms with Gasteiger partial charge in [0.25, 0.3) is 5.91 Å². The van der Waals surface area contributed by atoms with Gasteiger partial charge < -0.3 is 11.5 Å². The number of nitrogens with two attached hydrogens (primary N) is 2. The molecule has 6 nitrogen and oxygen atoms in total. The summed E-state index contributed by atoms with van der Waals surface area (Å²) < 4.78 is 1.36. The van der Waals surface area contributed by atoms with E-state index in [1.165, 1.54) is 16.8 Å². The van der Waals surface area contributed by atoms with Crippen molar-refractivity contribution >= 4 is 17.3 Å². The topological polar surface area (TPSA) is 103 Å². The van der Waals surface area contributed by atoms with Gasteiger partial charge in [0.2, 0.25) is 5.91 Å². The van der Waals surface area contributed by atoms with E-state index >= 15 is 0 Å². The van der Waals surface area contributed by atoms with Gasteiger partial charge in [-0.2, -0.15) is 5.10 Å². The highest BCUT2D eigenvalue weighted by atomic mass is 16.1. The lowest BCUT2D eigenvalue weighted by Crippen LogP contribution is -2.16. The molecular weight excluding hydrogens is 196 g/mol. The van der Waals surface area contributed by atoms with Crippen molar-refractivity contribution in [3.63, 3.8) is 0 Å². The fourth-order valence-corrected chi connectivity index (χ4v) is 1.32. The summed E-state index contributed by atoms with van der Waals surface area (Å²) in [6, 6.07) is 4.72. The van der Waals surface area contributed by atoms with Gasteiger partial charge in [0.05, 0.1) is 17.3 Å². The Labute approximate surface area is 84.5 Å². The van der Waals surface area contributed by atoms with Gasteiger partial charge >= 0.3 is 0 Å². The van der Waals surface area contributed by atoms with Crippen molar-refractivity contribution in [1.82, 2.24) is 9.61 Å². The molecule has 0 unspecified atom stereocenters. The number of rotatable bonds is 2. The zero-order valence-corrected chi connectivity index (χ0v) is 7.68. The number of amides is 2. The normalized spacial score (nSPS) is 10.4. The predicted octanol–water partition coefficient (Wildman–Crippen LogP) is -0.468. The summed E-state index contributed by atoms with van der Waals surface area (Å²) in [5.41, 5.74) is 11.4. The highest BCUT2D eigenvalue weighted by Crippen LogP contribution is 2.09. The third kappa shape index (κ3) is 1.41. The number of carbonyl (C=O) groups is 2. The third-order valence-corrected chi connectivity index (χ3v) is 2.04. The van der Waals surface area contributed by atoms with E-state index in [-0.39, 0.29) is 11.3 Å². The molecule has 0 spiro atoms. The van der Waals surface area contributed by atoms with Gasteiger partial charge in [-0.05, 0) is 18.2 Å². The average Bonchev–Trinajstić information content (AvgIpc) is 2.59. The summed E-state index contributed by atoms with van der Waals surface area (Å²) in [4.78, 5) is 21.8. The van der Waals surface area contributed by atoms with Gasteiger partial charge in [0, 0.05) is 0 Å². The van der Waals surface area contributed by atoms with E-state index in [0.717, 1.165) is 0 Å². The van der Waals surface area contributed by atoms with Crippen molar-refractivity contribution in [3.8, 4) is 0 Å². The number of primary amides is 2. The number of carbonyl (C=O) groups excluding carboxylic acids is 2. The van der Waals surface area contributed by atoms with Crippen LogP contribution in [0.3, 0.4) is 0 Å². The Balaban J connectivity index is 2.66. The van der Waals surface area contributed by atoms with Crippen LogP contribution in [-0.2, 0) is 0 Å². The fourth-order valence-electron chi connectivity index (χ4n) is 1.32. The second kappa shape index (κ2) is 3.09. The zero-order valence-electron chi connectivity index (χ0n) is 7.68. The van der Waals surface area contributed by atoms with Crippen LogP contribution in [0.2, 0.25) is 0 Å². The lowest BCUT2D eigenvalue weighted by atomic mass is 10.3. The molecule has 2 amide bonds. The lowest BCUT2D eigenvalue weighted by molar-refractivity contribution is 0.0990. The second-order valence-electron chi connectivity index (χ2n) is 3.03. The monoisotopic (exact) mass is 204 g/mol. The highest BCUT2D eigenvalue weighted by molar-refractivity contribution is 5.95. The van der Waals surface area contributed by atoms with Crippen LogP contribution in [0.15, 0.2) is 24.4 Å². The fraction of sp³-hybridized carbons (Fsp3) is 0. The minimum Gasteiger partial charge on any atom is -0.366 e. The average molecular weight is 204 g/mol. The van der Waals surface area contributed by atoms with Crippen molar-refractivity contribution in [1.29, 1.82) is 0 Å². The van der Waals surface area contributed by atoms with Crippen LogP contribution in [0.5, 0.6) is 0 Å². The molecule has 0 saturated carbocycles. The van der Waals surface area contributed by atoms with Crippen LogP contribution in [0, 0.1) is 0 Å². The van der Waals surface area contributed by atoms with E-state index in [9.17, 15) is 9.59 Å². The molecule has 76 valence electrons. The molecule has 2 rings (SSSR count). The largest absolute Gasteiger partial charge is 0.366 e. The van der Waals surface area contributed by atoms with E-state index in [0.29, 0.717) is 5.52 Å². The minimum absolute atomic E-state index is 0.265. The van der Waals surface area contributed by atoms with Crippen LogP contribution in [0.25, 0.3) is 5.52 Å². The SMILES string of the molecule is NC(=O)c1cnn2c(C(N)=O)ccc2c1. The number of hydrogen-bond acceptors (Lipinski definition) is 3. The molecule has 0 fully saturated rings. The van der Waals surface area contributed by atoms with E-state index in [1.54, 1.807) is 12.1 Å². The Kier molecular flexibility index (Phi) is 1.89. The Morgan fingerprint density at radius 2 is 1.93 bits per heavy atom. The predicted molar refractivity (Wildman–Crippen MR) is 52.2 cm³/mol. The first-order chi connectivity index (χ1) is 7.09. The maximum absolute atomic E-state index is 11.0. The van der Waals surface area contributed by atoms with Gasteiger partial charge in [0.15, 0.2) is 0 Å². The number of nitrogens with zero attached hydrogens (tertiary/aromatic N) is 2. The molecular formula is C9H8N4O2. The van der Waals surface area contributed by atoms with Crippen LogP contribution in [0.4, 0.5) is 0 Å². The first kappa shape index (κ1) is 9.20. The number of hydrogen-bond donors (Lipinski definition) is 2. The highest BCUT2D eigenvalue weighted by Gasteiger charge is 2.09. The summed E-state index contributed by atoms with van der Waals surface area (Å²) in [6.45, 7) is 0. The molecule has 4 N–H and O–H groups in total. The van der Waals surface area contributed by atoms with Crippen LogP contribution >= 0.6 is 0 Å². The number of aromatic nitrogens is 2. The van der Waals surface area contributed by atoms with E-state index in [4.69, 9.17) is 11.5 Å². The summed E-state index contributed by atoms with van der Waals surface area (Å²) in [6.07, 6.45) is 1.29. The molecule has 0 aliphatic heterocycles. The third-order valence-electron chi connectivity index (χ3n) is 2.04. The minimum atomic E-state index is -0.575. The number of fused-ring (bicyclic) bond motifs is 1. The molecule has 6 heteroatoms. The van der Waals surface area contributed by atoms with Crippen molar-refractivity contribution in [2.75, 3.05) is 0 Å². The van der Waals surface area contributed by atoms with Gasteiger partial charge in [0.1, 0.15) is 5.69 Å². The molecule has 0 aliphatic rings. The summed E-state index contributed by atoms with van der Waals surface area (Å²) in [7, 11) is 0. The van der Waals surface area contributed by atoms with E-state index < -0.39 is 11.8 Å². The first-order valence-corrected chi connectivity index (χ1v) is 4.17. The van der Waals surface area contributed by atoms with Crippen LogP contribution < -0.4 is 11.5 Å². The van der Waals surface area contributed by atoms with Gasteiger partial charge in [-0.15, -0.1) is 0 Å².